The first kappa shape index (κ1) is 16.3. The Kier molecular flexibility index (Phi) is 4.44. The lowest BCUT2D eigenvalue weighted by atomic mass is 10.1. The number of benzene rings is 2. The molecule has 1 amide bonds. The molecule has 1 aliphatic rings. The predicted octanol–water partition coefficient (Wildman–Crippen LogP) is 3.57. The fraction of sp³-hybridized carbons (Fsp3) is 0.222. The van der Waals surface area contributed by atoms with Gasteiger partial charge in [0.15, 0.2) is 5.75 Å². The summed E-state index contributed by atoms with van der Waals surface area (Å²) >= 11 is 6.16. The molecule has 2 aromatic carbocycles. The third-order valence-corrected chi connectivity index (χ3v) is 4.48. The molecule has 3 rings (SSSR count). The number of hydrogen-bond donors (Lipinski definition) is 2. The van der Waals surface area contributed by atoms with E-state index in [0.717, 1.165) is 5.56 Å². The summed E-state index contributed by atoms with van der Waals surface area (Å²) in [5.41, 5.74) is 1.15. The van der Waals surface area contributed by atoms with Crippen LogP contribution in [0.3, 0.4) is 0 Å². The molecule has 124 valence electrons. The van der Waals surface area contributed by atoms with Crippen molar-refractivity contribution in [1.29, 1.82) is 0 Å². The van der Waals surface area contributed by atoms with E-state index in [1.54, 1.807) is 12.1 Å². The van der Waals surface area contributed by atoms with Gasteiger partial charge in [-0.2, -0.15) is 0 Å². The Morgan fingerprint density at radius 2 is 1.96 bits per heavy atom. The summed E-state index contributed by atoms with van der Waals surface area (Å²) < 4.78 is 4.60. The lowest BCUT2D eigenvalue weighted by Crippen LogP contribution is -2.15. The average Bonchev–Trinajstić information content (AvgIpc) is 3.37. The molecular formula is C18H16ClNO4. The second kappa shape index (κ2) is 6.53. The van der Waals surface area contributed by atoms with Crippen molar-refractivity contribution in [2.24, 2.45) is 5.92 Å². The van der Waals surface area contributed by atoms with E-state index in [1.807, 2.05) is 18.2 Å². The Hall–Kier alpha value is -2.53. The first-order chi connectivity index (χ1) is 11.5. The predicted molar refractivity (Wildman–Crippen MR) is 90.4 cm³/mol. The summed E-state index contributed by atoms with van der Waals surface area (Å²) in [6.07, 6.45) is 0.701. The van der Waals surface area contributed by atoms with Gasteiger partial charge in [-0.05, 0) is 36.1 Å². The zero-order valence-electron chi connectivity index (χ0n) is 13.0. The molecule has 5 nitrogen and oxygen atoms in total. The number of hydrogen-bond acceptors (Lipinski definition) is 4. The van der Waals surface area contributed by atoms with Gasteiger partial charge in [0.05, 0.1) is 12.8 Å². The fourth-order valence-corrected chi connectivity index (χ4v) is 3.02. The monoisotopic (exact) mass is 345 g/mol. The van der Waals surface area contributed by atoms with Crippen LogP contribution < -0.4 is 5.32 Å². The number of aromatic hydroxyl groups is 1. The average molecular weight is 346 g/mol. The maximum Gasteiger partial charge on any atom is 0.341 e. The summed E-state index contributed by atoms with van der Waals surface area (Å²) in [4.78, 5) is 24.0. The highest BCUT2D eigenvalue weighted by atomic mass is 35.5. The zero-order valence-corrected chi connectivity index (χ0v) is 13.7. The molecule has 2 atom stereocenters. The standard InChI is InChI=1S/C18H16ClNO4/c1-24-18(23)11-6-4-8-15(16(11)21)20-17(22)13-9-12(13)10-5-2-3-7-14(10)19/h2-8,12-13,21H,9H2,1H3,(H,20,22). The lowest BCUT2D eigenvalue weighted by molar-refractivity contribution is -0.117. The highest BCUT2D eigenvalue weighted by Gasteiger charge is 2.45. The van der Waals surface area contributed by atoms with E-state index in [9.17, 15) is 14.7 Å². The number of phenols is 1. The minimum atomic E-state index is -0.663. The van der Waals surface area contributed by atoms with Crippen molar-refractivity contribution < 1.29 is 19.4 Å². The van der Waals surface area contributed by atoms with E-state index in [1.165, 1.54) is 19.2 Å². The topological polar surface area (TPSA) is 75.6 Å². The number of rotatable bonds is 4. The van der Waals surface area contributed by atoms with Crippen LogP contribution in [0.5, 0.6) is 5.75 Å². The molecule has 0 aromatic heterocycles. The smallest absolute Gasteiger partial charge is 0.341 e. The van der Waals surface area contributed by atoms with Gasteiger partial charge in [-0.15, -0.1) is 0 Å². The molecule has 1 fully saturated rings. The van der Waals surface area contributed by atoms with E-state index < -0.39 is 5.97 Å². The van der Waals surface area contributed by atoms with Gasteiger partial charge in [0, 0.05) is 10.9 Å². The van der Waals surface area contributed by atoms with Crippen molar-refractivity contribution >= 4 is 29.2 Å². The summed E-state index contributed by atoms with van der Waals surface area (Å²) in [5.74, 6) is -1.30. The molecular weight excluding hydrogens is 330 g/mol. The molecule has 0 aliphatic heterocycles. The van der Waals surface area contributed by atoms with Crippen molar-refractivity contribution in [3.05, 3.63) is 58.6 Å². The normalized spacial score (nSPS) is 18.8. The first-order valence-corrected chi connectivity index (χ1v) is 7.86. The summed E-state index contributed by atoms with van der Waals surface area (Å²) in [6.45, 7) is 0. The molecule has 0 bridgehead atoms. The largest absolute Gasteiger partial charge is 0.505 e. The van der Waals surface area contributed by atoms with Crippen molar-refractivity contribution in [3.8, 4) is 5.75 Å². The highest BCUT2D eigenvalue weighted by Crippen LogP contribution is 2.50. The third kappa shape index (κ3) is 3.08. The van der Waals surface area contributed by atoms with Gasteiger partial charge in [-0.1, -0.05) is 35.9 Å². The van der Waals surface area contributed by atoms with E-state index in [4.69, 9.17) is 11.6 Å². The molecule has 1 aliphatic carbocycles. The van der Waals surface area contributed by atoms with Crippen LogP contribution in [0.4, 0.5) is 5.69 Å². The number of halogens is 1. The minimum Gasteiger partial charge on any atom is -0.505 e. The second-order valence-corrected chi connectivity index (χ2v) is 6.06. The van der Waals surface area contributed by atoms with Crippen molar-refractivity contribution in [1.82, 2.24) is 0 Å². The lowest BCUT2D eigenvalue weighted by Gasteiger charge is -2.10. The number of ether oxygens (including phenoxy) is 1. The number of esters is 1. The SMILES string of the molecule is COC(=O)c1cccc(NC(=O)C2CC2c2ccccc2Cl)c1O. The van der Waals surface area contributed by atoms with Gasteiger partial charge in [0.25, 0.3) is 0 Å². The Labute approximate surface area is 144 Å². The summed E-state index contributed by atoms with van der Waals surface area (Å²) in [7, 11) is 1.23. The quantitative estimate of drug-likeness (QED) is 0.656. The molecule has 1 saturated carbocycles. The highest BCUT2D eigenvalue weighted by molar-refractivity contribution is 6.31. The molecule has 0 spiro atoms. The molecule has 0 heterocycles. The van der Waals surface area contributed by atoms with Crippen molar-refractivity contribution in [3.63, 3.8) is 0 Å². The number of anilines is 1. The van der Waals surface area contributed by atoms with Crippen LogP contribution in [0.15, 0.2) is 42.5 Å². The van der Waals surface area contributed by atoms with Crippen LogP contribution in [0.25, 0.3) is 0 Å². The Bertz CT molecular complexity index is 805. The van der Waals surface area contributed by atoms with E-state index in [0.29, 0.717) is 11.4 Å². The van der Waals surface area contributed by atoms with Crippen LogP contribution in [0.1, 0.15) is 28.3 Å². The van der Waals surface area contributed by atoms with Crippen molar-refractivity contribution in [2.75, 3.05) is 12.4 Å². The Morgan fingerprint density at radius 1 is 1.21 bits per heavy atom. The van der Waals surface area contributed by atoms with Gasteiger partial charge in [0.1, 0.15) is 5.56 Å². The van der Waals surface area contributed by atoms with Crippen molar-refractivity contribution in [2.45, 2.75) is 12.3 Å². The summed E-state index contributed by atoms with van der Waals surface area (Å²) in [5, 5.41) is 13.4. The molecule has 24 heavy (non-hydrogen) atoms. The van der Waals surface area contributed by atoms with Crippen LogP contribution in [0, 0.1) is 5.92 Å². The number of methoxy groups -OCH3 is 1. The van der Waals surface area contributed by atoms with Crippen LogP contribution in [-0.2, 0) is 9.53 Å². The first-order valence-electron chi connectivity index (χ1n) is 7.48. The zero-order chi connectivity index (χ0) is 17.3. The molecule has 0 radical (unpaired) electrons. The number of para-hydroxylation sites is 1. The molecule has 2 aromatic rings. The van der Waals surface area contributed by atoms with Crippen LogP contribution in [-0.4, -0.2) is 24.1 Å². The molecule has 6 heteroatoms. The third-order valence-electron chi connectivity index (χ3n) is 4.13. The minimum absolute atomic E-state index is 0.00810. The Morgan fingerprint density at radius 3 is 2.67 bits per heavy atom. The van der Waals surface area contributed by atoms with Gasteiger partial charge >= 0.3 is 5.97 Å². The molecule has 0 saturated heterocycles. The molecule has 2 N–H and O–H groups in total. The van der Waals surface area contributed by atoms with Crippen LogP contribution in [0.2, 0.25) is 5.02 Å². The van der Waals surface area contributed by atoms with Gasteiger partial charge in [-0.3, -0.25) is 4.79 Å². The maximum atomic E-state index is 12.4. The molecule has 2 unspecified atom stereocenters. The maximum absolute atomic E-state index is 12.4. The number of phenolic OH excluding ortho intramolecular Hbond substituents is 1. The van der Waals surface area contributed by atoms with Crippen LogP contribution >= 0.6 is 11.6 Å². The van der Waals surface area contributed by atoms with E-state index >= 15 is 0 Å². The Balaban J connectivity index is 1.73. The number of carbonyl (C=O) groups excluding carboxylic acids is 2. The van der Waals surface area contributed by atoms with Gasteiger partial charge in [-0.25, -0.2) is 4.79 Å². The fourth-order valence-electron chi connectivity index (χ4n) is 2.75. The van der Waals surface area contributed by atoms with Gasteiger partial charge in [0.2, 0.25) is 5.91 Å². The van der Waals surface area contributed by atoms with E-state index in [2.05, 4.69) is 10.1 Å². The number of nitrogens with one attached hydrogen (secondary N) is 1. The van der Waals surface area contributed by atoms with E-state index in [-0.39, 0.29) is 34.7 Å². The second-order valence-electron chi connectivity index (χ2n) is 5.65. The number of carbonyl (C=O) groups is 2. The number of amides is 1. The van der Waals surface area contributed by atoms with Gasteiger partial charge < -0.3 is 15.2 Å². The summed E-state index contributed by atoms with van der Waals surface area (Å²) in [6, 6.07) is 12.0.